The van der Waals surface area contributed by atoms with Crippen molar-refractivity contribution in [3.63, 3.8) is 0 Å². The standard InChI is InChI=1S/C13H19N5O/c1-10-8-15-12(16-9-10)13-17-11(19-18-13)6-4-2-3-5-7-14/h8-9H,2-7,14H2,1H3. The van der Waals surface area contributed by atoms with Crippen LogP contribution in [-0.2, 0) is 6.42 Å². The largest absolute Gasteiger partial charge is 0.339 e. The van der Waals surface area contributed by atoms with E-state index in [0.717, 1.165) is 44.2 Å². The van der Waals surface area contributed by atoms with Gasteiger partial charge in [0.05, 0.1) is 0 Å². The molecule has 0 aliphatic rings. The van der Waals surface area contributed by atoms with Crippen molar-refractivity contribution in [2.45, 2.75) is 39.0 Å². The van der Waals surface area contributed by atoms with E-state index in [1.165, 1.54) is 0 Å². The lowest BCUT2D eigenvalue weighted by molar-refractivity contribution is 0.373. The molecule has 0 unspecified atom stereocenters. The van der Waals surface area contributed by atoms with Gasteiger partial charge in [-0.05, 0) is 31.9 Å². The van der Waals surface area contributed by atoms with E-state index in [1.54, 1.807) is 12.4 Å². The van der Waals surface area contributed by atoms with Gasteiger partial charge in [0.1, 0.15) is 0 Å². The minimum Gasteiger partial charge on any atom is -0.339 e. The highest BCUT2D eigenvalue weighted by molar-refractivity contribution is 5.40. The SMILES string of the molecule is Cc1cnc(-c2noc(CCCCCCN)n2)nc1. The summed E-state index contributed by atoms with van der Waals surface area (Å²) in [5.41, 5.74) is 6.45. The second kappa shape index (κ2) is 6.94. The van der Waals surface area contributed by atoms with Gasteiger partial charge in [-0.2, -0.15) is 4.98 Å². The molecule has 0 aliphatic heterocycles. The van der Waals surface area contributed by atoms with E-state index >= 15 is 0 Å². The number of nitrogens with zero attached hydrogens (tertiary/aromatic N) is 4. The van der Waals surface area contributed by atoms with Crippen LogP contribution in [0, 0.1) is 6.92 Å². The van der Waals surface area contributed by atoms with Gasteiger partial charge in [-0.1, -0.05) is 18.0 Å². The maximum atomic E-state index is 5.45. The molecule has 102 valence electrons. The van der Waals surface area contributed by atoms with E-state index in [0.29, 0.717) is 17.5 Å². The van der Waals surface area contributed by atoms with Crippen LogP contribution in [0.4, 0.5) is 0 Å². The minimum atomic E-state index is 0.456. The summed E-state index contributed by atoms with van der Waals surface area (Å²) in [7, 11) is 0. The van der Waals surface area contributed by atoms with Gasteiger partial charge in [0.15, 0.2) is 0 Å². The Hall–Kier alpha value is -1.82. The highest BCUT2D eigenvalue weighted by Crippen LogP contribution is 2.12. The van der Waals surface area contributed by atoms with E-state index in [-0.39, 0.29) is 0 Å². The van der Waals surface area contributed by atoms with Crippen LogP contribution in [0.15, 0.2) is 16.9 Å². The van der Waals surface area contributed by atoms with Crippen LogP contribution in [0.5, 0.6) is 0 Å². The first-order chi connectivity index (χ1) is 9.29. The fourth-order valence-electron chi connectivity index (χ4n) is 1.73. The average Bonchev–Trinajstić information content (AvgIpc) is 2.88. The summed E-state index contributed by atoms with van der Waals surface area (Å²) < 4.78 is 5.19. The lowest BCUT2D eigenvalue weighted by atomic mass is 10.1. The van der Waals surface area contributed by atoms with Crippen molar-refractivity contribution in [3.8, 4) is 11.6 Å². The van der Waals surface area contributed by atoms with Gasteiger partial charge in [-0.25, -0.2) is 9.97 Å². The Balaban J connectivity index is 1.86. The van der Waals surface area contributed by atoms with Crippen molar-refractivity contribution in [3.05, 3.63) is 23.8 Å². The number of unbranched alkanes of at least 4 members (excludes halogenated alkanes) is 3. The first-order valence-electron chi connectivity index (χ1n) is 6.61. The Kier molecular flexibility index (Phi) is 4.97. The molecular formula is C13H19N5O. The molecule has 0 bridgehead atoms. The topological polar surface area (TPSA) is 90.7 Å². The van der Waals surface area contributed by atoms with Crippen LogP contribution in [0.3, 0.4) is 0 Å². The second-order valence-electron chi connectivity index (χ2n) is 4.55. The van der Waals surface area contributed by atoms with Crippen LogP contribution in [0.1, 0.15) is 37.1 Å². The van der Waals surface area contributed by atoms with Crippen LogP contribution in [0.2, 0.25) is 0 Å². The highest BCUT2D eigenvalue weighted by atomic mass is 16.5. The summed E-state index contributed by atoms with van der Waals surface area (Å²) in [6.45, 7) is 2.70. The van der Waals surface area contributed by atoms with Gasteiger partial charge in [-0.3, -0.25) is 0 Å². The quantitative estimate of drug-likeness (QED) is 0.765. The molecule has 0 saturated heterocycles. The number of aromatic nitrogens is 4. The third-order valence-electron chi connectivity index (χ3n) is 2.79. The molecule has 19 heavy (non-hydrogen) atoms. The predicted molar refractivity (Wildman–Crippen MR) is 71.3 cm³/mol. The zero-order valence-electron chi connectivity index (χ0n) is 11.2. The Morgan fingerprint density at radius 2 is 1.79 bits per heavy atom. The van der Waals surface area contributed by atoms with E-state index in [9.17, 15) is 0 Å². The number of rotatable bonds is 7. The van der Waals surface area contributed by atoms with E-state index in [2.05, 4.69) is 20.1 Å². The monoisotopic (exact) mass is 261 g/mol. The molecule has 2 rings (SSSR count). The maximum absolute atomic E-state index is 5.45. The van der Waals surface area contributed by atoms with E-state index in [1.807, 2.05) is 6.92 Å². The van der Waals surface area contributed by atoms with Gasteiger partial charge in [0.25, 0.3) is 0 Å². The zero-order chi connectivity index (χ0) is 13.5. The normalized spacial score (nSPS) is 10.8. The highest BCUT2D eigenvalue weighted by Gasteiger charge is 2.10. The molecular weight excluding hydrogens is 242 g/mol. The van der Waals surface area contributed by atoms with E-state index < -0.39 is 0 Å². The fourth-order valence-corrected chi connectivity index (χ4v) is 1.73. The minimum absolute atomic E-state index is 0.456. The van der Waals surface area contributed by atoms with Gasteiger partial charge in [-0.15, -0.1) is 0 Å². The van der Waals surface area contributed by atoms with Crippen molar-refractivity contribution in [1.29, 1.82) is 0 Å². The number of nitrogens with two attached hydrogens (primary N) is 1. The summed E-state index contributed by atoms with van der Waals surface area (Å²) in [5, 5.41) is 3.90. The van der Waals surface area contributed by atoms with Crippen molar-refractivity contribution in [1.82, 2.24) is 20.1 Å². The predicted octanol–water partition coefficient (Wildman–Crippen LogP) is 1.90. The molecule has 0 aliphatic carbocycles. The summed E-state index contributed by atoms with van der Waals surface area (Å²) in [6, 6.07) is 0. The Morgan fingerprint density at radius 1 is 1.05 bits per heavy atom. The van der Waals surface area contributed by atoms with Crippen LogP contribution in [0.25, 0.3) is 11.6 Å². The van der Waals surface area contributed by atoms with E-state index in [4.69, 9.17) is 10.3 Å². The maximum Gasteiger partial charge on any atom is 0.240 e. The summed E-state index contributed by atoms with van der Waals surface area (Å²) in [5.74, 6) is 1.60. The fraction of sp³-hybridized carbons (Fsp3) is 0.538. The molecule has 2 aromatic heterocycles. The molecule has 2 heterocycles. The zero-order valence-corrected chi connectivity index (χ0v) is 11.2. The third-order valence-corrected chi connectivity index (χ3v) is 2.79. The molecule has 6 nitrogen and oxygen atoms in total. The summed E-state index contributed by atoms with van der Waals surface area (Å²) >= 11 is 0. The molecule has 0 spiro atoms. The van der Waals surface area contributed by atoms with Crippen LogP contribution in [-0.4, -0.2) is 26.7 Å². The first-order valence-corrected chi connectivity index (χ1v) is 6.61. The van der Waals surface area contributed by atoms with Crippen molar-refractivity contribution in [2.24, 2.45) is 5.73 Å². The Morgan fingerprint density at radius 3 is 2.53 bits per heavy atom. The number of aryl methyl sites for hydroxylation is 2. The average molecular weight is 261 g/mol. The molecule has 2 N–H and O–H groups in total. The molecule has 0 fully saturated rings. The third kappa shape index (κ3) is 4.10. The number of hydrogen-bond donors (Lipinski definition) is 1. The summed E-state index contributed by atoms with van der Waals surface area (Å²) in [6.07, 6.45) is 8.68. The lowest BCUT2D eigenvalue weighted by Crippen LogP contribution is -1.97. The second-order valence-corrected chi connectivity index (χ2v) is 4.55. The lowest BCUT2D eigenvalue weighted by Gasteiger charge is -1.96. The Bertz CT molecular complexity index is 494. The molecule has 0 radical (unpaired) electrons. The van der Waals surface area contributed by atoms with Crippen LogP contribution >= 0.6 is 0 Å². The number of hydrogen-bond acceptors (Lipinski definition) is 6. The summed E-state index contributed by atoms with van der Waals surface area (Å²) in [4.78, 5) is 12.6. The molecule has 6 heteroatoms. The molecule has 0 aromatic carbocycles. The van der Waals surface area contributed by atoms with Crippen LogP contribution < -0.4 is 5.73 Å². The molecule has 2 aromatic rings. The van der Waals surface area contributed by atoms with Gasteiger partial charge in [0.2, 0.25) is 17.5 Å². The van der Waals surface area contributed by atoms with Crippen molar-refractivity contribution >= 4 is 0 Å². The van der Waals surface area contributed by atoms with Gasteiger partial charge >= 0.3 is 0 Å². The first kappa shape index (κ1) is 13.6. The van der Waals surface area contributed by atoms with Crippen molar-refractivity contribution in [2.75, 3.05) is 6.54 Å². The van der Waals surface area contributed by atoms with Gasteiger partial charge in [0, 0.05) is 18.8 Å². The smallest absolute Gasteiger partial charge is 0.240 e. The molecule has 0 atom stereocenters. The van der Waals surface area contributed by atoms with Crippen molar-refractivity contribution < 1.29 is 4.52 Å². The van der Waals surface area contributed by atoms with Gasteiger partial charge < -0.3 is 10.3 Å². The molecule has 0 amide bonds. The molecule has 0 saturated carbocycles. The Labute approximate surface area is 112 Å².